The van der Waals surface area contributed by atoms with Crippen LogP contribution in [0.1, 0.15) is 15.9 Å². The number of hydrogen-bond donors (Lipinski definition) is 2. The van der Waals surface area contributed by atoms with Crippen molar-refractivity contribution in [3.05, 3.63) is 29.3 Å². The van der Waals surface area contributed by atoms with Crippen LogP contribution in [0.4, 0.5) is 5.69 Å². The molecule has 2 rings (SSSR count). The number of carbonyl (C=O) groups is 2. The summed E-state index contributed by atoms with van der Waals surface area (Å²) in [7, 11) is 1.81. The molecule has 0 aliphatic carbocycles. The molecule has 0 fully saturated rings. The summed E-state index contributed by atoms with van der Waals surface area (Å²) < 4.78 is 0. The zero-order valence-electron chi connectivity index (χ0n) is 8.76. The molecule has 0 bridgehead atoms. The highest BCUT2D eigenvalue weighted by Crippen LogP contribution is 2.23. The van der Waals surface area contributed by atoms with Crippen LogP contribution in [0.2, 0.25) is 0 Å². The number of carbonyl (C=O) groups excluding carboxylic acids is 2. The van der Waals surface area contributed by atoms with Gasteiger partial charge in [-0.15, -0.1) is 0 Å². The normalized spacial score (nSPS) is 12.8. The molecule has 80 valence electrons. The maximum atomic E-state index is 11.4. The number of ketones is 1. The molecule has 1 aliphatic rings. The lowest BCUT2D eigenvalue weighted by molar-refractivity contribution is -0.112. The van der Waals surface area contributed by atoms with Gasteiger partial charge in [0.25, 0.3) is 11.7 Å². The van der Waals surface area contributed by atoms with Crippen molar-refractivity contribution in [1.29, 1.82) is 0 Å². The predicted molar refractivity (Wildman–Crippen MR) is 60.2 cm³/mol. The molecule has 1 aromatic rings. The number of rotatable bonds is 1. The first kappa shape index (κ1) is 10.4. The monoisotopic (exact) mass is 214 g/mol. The first-order chi connectivity index (χ1) is 7.72. The SMILES string of the molecule is CNCC#Cc1ccc2c(c1)C(=O)C(=O)N2. The fraction of sp³-hybridized carbons (Fsp3) is 0.167. The van der Waals surface area contributed by atoms with E-state index in [0.717, 1.165) is 5.56 Å². The largest absolute Gasteiger partial charge is 0.318 e. The minimum Gasteiger partial charge on any atom is -0.318 e. The molecule has 0 aromatic heterocycles. The Bertz CT molecular complexity index is 524. The average Bonchev–Trinajstić information content (AvgIpc) is 2.56. The molecule has 4 nitrogen and oxygen atoms in total. The van der Waals surface area contributed by atoms with Crippen LogP contribution in [0.5, 0.6) is 0 Å². The van der Waals surface area contributed by atoms with Crippen LogP contribution in [-0.4, -0.2) is 25.3 Å². The smallest absolute Gasteiger partial charge is 0.296 e. The van der Waals surface area contributed by atoms with Gasteiger partial charge in [-0.05, 0) is 25.2 Å². The summed E-state index contributed by atoms with van der Waals surface area (Å²) in [6.07, 6.45) is 0. The molecule has 1 aliphatic heterocycles. The van der Waals surface area contributed by atoms with Gasteiger partial charge in [0.1, 0.15) is 0 Å². The molecule has 0 saturated heterocycles. The molecule has 1 aromatic carbocycles. The highest BCUT2D eigenvalue weighted by Gasteiger charge is 2.27. The molecule has 0 atom stereocenters. The van der Waals surface area contributed by atoms with Crippen molar-refractivity contribution in [3.8, 4) is 11.8 Å². The van der Waals surface area contributed by atoms with E-state index in [2.05, 4.69) is 22.5 Å². The zero-order chi connectivity index (χ0) is 11.5. The second-order valence-electron chi connectivity index (χ2n) is 3.38. The maximum absolute atomic E-state index is 11.4. The summed E-state index contributed by atoms with van der Waals surface area (Å²) in [6, 6.07) is 5.11. The Hall–Kier alpha value is -2.12. The van der Waals surface area contributed by atoms with Crippen LogP contribution < -0.4 is 10.6 Å². The highest BCUT2D eigenvalue weighted by atomic mass is 16.2. The molecule has 0 unspecified atom stereocenters. The Morgan fingerprint density at radius 1 is 1.38 bits per heavy atom. The molecule has 0 radical (unpaired) electrons. The topological polar surface area (TPSA) is 58.2 Å². The second-order valence-corrected chi connectivity index (χ2v) is 3.38. The van der Waals surface area contributed by atoms with Crippen molar-refractivity contribution in [3.63, 3.8) is 0 Å². The van der Waals surface area contributed by atoms with Crippen molar-refractivity contribution >= 4 is 17.4 Å². The second kappa shape index (κ2) is 4.17. The number of amides is 1. The predicted octanol–water partition coefficient (Wildman–Crippen LogP) is 0.392. The van der Waals surface area contributed by atoms with Crippen molar-refractivity contribution in [2.24, 2.45) is 0 Å². The first-order valence-corrected chi connectivity index (χ1v) is 4.85. The van der Waals surface area contributed by atoms with Gasteiger partial charge in [-0.2, -0.15) is 0 Å². The summed E-state index contributed by atoms with van der Waals surface area (Å²) in [4.78, 5) is 22.5. The third-order valence-corrected chi connectivity index (χ3v) is 2.22. The van der Waals surface area contributed by atoms with Crippen molar-refractivity contribution in [1.82, 2.24) is 5.32 Å². The summed E-state index contributed by atoms with van der Waals surface area (Å²) in [6.45, 7) is 0.586. The summed E-state index contributed by atoms with van der Waals surface area (Å²) in [5, 5.41) is 5.39. The van der Waals surface area contributed by atoms with E-state index in [1.54, 1.807) is 18.2 Å². The Morgan fingerprint density at radius 3 is 2.94 bits per heavy atom. The zero-order valence-corrected chi connectivity index (χ0v) is 8.76. The van der Waals surface area contributed by atoms with Crippen molar-refractivity contribution < 1.29 is 9.59 Å². The Balaban J connectivity index is 2.32. The first-order valence-electron chi connectivity index (χ1n) is 4.85. The molecule has 16 heavy (non-hydrogen) atoms. The van der Waals surface area contributed by atoms with Gasteiger partial charge in [0.15, 0.2) is 0 Å². The third-order valence-electron chi connectivity index (χ3n) is 2.22. The lowest BCUT2D eigenvalue weighted by Gasteiger charge is -1.96. The lowest BCUT2D eigenvalue weighted by atomic mass is 10.1. The van der Waals surface area contributed by atoms with E-state index in [9.17, 15) is 9.59 Å². The van der Waals surface area contributed by atoms with Crippen LogP contribution in [0.15, 0.2) is 18.2 Å². The summed E-state index contributed by atoms with van der Waals surface area (Å²) in [5.41, 5.74) is 1.70. The molecule has 4 heteroatoms. The van der Waals surface area contributed by atoms with Gasteiger partial charge in [-0.3, -0.25) is 9.59 Å². The van der Waals surface area contributed by atoms with Gasteiger partial charge in [-0.25, -0.2) is 0 Å². The molecule has 2 N–H and O–H groups in total. The van der Waals surface area contributed by atoms with Gasteiger partial charge < -0.3 is 10.6 Å². The fourth-order valence-electron chi connectivity index (χ4n) is 1.45. The van der Waals surface area contributed by atoms with Gasteiger partial charge in [-0.1, -0.05) is 11.8 Å². The number of anilines is 1. The lowest BCUT2D eigenvalue weighted by Crippen LogP contribution is -2.12. The van der Waals surface area contributed by atoms with Crippen molar-refractivity contribution in [2.45, 2.75) is 0 Å². The summed E-state index contributed by atoms with van der Waals surface area (Å²) in [5.74, 6) is 4.73. The molecular weight excluding hydrogens is 204 g/mol. The van der Waals surface area contributed by atoms with E-state index in [1.165, 1.54) is 0 Å². The van der Waals surface area contributed by atoms with E-state index in [0.29, 0.717) is 17.8 Å². The van der Waals surface area contributed by atoms with E-state index in [-0.39, 0.29) is 0 Å². The van der Waals surface area contributed by atoms with E-state index in [1.807, 2.05) is 7.05 Å². The Kier molecular flexibility index (Phi) is 2.71. The van der Waals surface area contributed by atoms with Crippen LogP contribution in [0.25, 0.3) is 0 Å². The van der Waals surface area contributed by atoms with Gasteiger partial charge in [0, 0.05) is 5.56 Å². The average molecular weight is 214 g/mol. The Labute approximate surface area is 93.0 Å². The van der Waals surface area contributed by atoms with E-state index in [4.69, 9.17) is 0 Å². The third kappa shape index (κ3) is 1.81. The number of nitrogens with one attached hydrogen (secondary N) is 2. The van der Waals surface area contributed by atoms with Crippen LogP contribution >= 0.6 is 0 Å². The fourth-order valence-corrected chi connectivity index (χ4v) is 1.45. The maximum Gasteiger partial charge on any atom is 0.296 e. The van der Waals surface area contributed by atoms with E-state index >= 15 is 0 Å². The molecule has 1 heterocycles. The van der Waals surface area contributed by atoms with E-state index < -0.39 is 11.7 Å². The van der Waals surface area contributed by atoms with Gasteiger partial charge in [0.2, 0.25) is 0 Å². The standard InChI is InChI=1S/C12H10N2O2/c1-13-6-2-3-8-4-5-10-9(7-8)11(15)12(16)14-10/h4-5,7,13H,6H2,1H3,(H,14,15,16). The minimum atomic E-state index is -0.574. The van der Waals surface area contributed by atoms with Gasteiger partial charge in [0.05, 0.1) is 17.8 Å². The Morgan fingerprint density at radius 2 is 2.19 bits per heavy atom. The minimum absolute atomic E-state index is 0.404. The van der Waals surface area contributed by atoms with Gasteiger partial charge >= 0.3 is 0 Å². The molecule has 0 saturated carbocycles. The molecular formula is C12H10N2O2. The molecule has 0 spiro atoms. The number of Topliss-reactive ketones (excluding diaryl/α,β-unsaturated/α-hetero) is 1. The van der Waals surface area contributed by atoms with Crippen LogP contribution in [0.3, 0.4) is 0 Å². The van der Waals surface area contributed by atoms with Crippen molar-refractivity contribution in [2.75, 3.05) is 18.9 Å². The molecule has 1 amide bonds. The quantitative estimate of drug-likeness (QED) is 0.525. The number of hydrogen-bond acceptors (Lipinski definition) is 3. The highest BCUT2D eigenvalue weighted by molar-refractivity contribution is 6.51. The summed E-state index contributed by atoms with van der Waals surface area (Å²) >= 11 is 0. The number of benzene rings is 1. The number of fused-ring (bicyclic) bond motifs is 1. The van der Waals surface area contributed by atoms with Crippen LogP contribution in [0, 0.1) is 11.8 Å². The van der Waals surface area contributed by atoms with Crippen LogP contribution in [-0.2, 0) is 4.79 Å².